The average Bonchev–Trinajstić information content (AvgIpc) is 3.20. The number of fused-ring (bicyclic) bond motifs is 1. The van der Waals surface area contributed by atoms with Gasteiger partial charge in [-0.3, -0.25) is 4.90 Å². The molecule has 1 aliphatic rings. The number of benzene rings is 1. The van der Waals surface area contributed by atoms with Crippen molar-refractivity contribution in [3.05, 3.63) is 58.4 Å². The lowest BCUT2D eigenvalue weighted by molar-refractivity contribution is 0.201. The summed E-state index contributed by atoms with van der Waals surface area (Å²) >= 11 is 1.86. The SMILES string of the molecule is c1csc([C@H](c2c[nH]c3ccccc23)N2CCNCC2)c1. The maximum absolute atomic E-state index is 3.45. The molecule has 0 amide bonds. The summed E-state index contributed by atoms with van der Waals surface area (Å²) in [6.45, 7) is 4.35. The van der Waals surface area contributed by atoms with E-state index in [1.165, 1.54) is 21.3 Å². The quantitative estimate of drug-likeness (QED) is 0.778. The zero-order valence-electron chi connectivity index (χ0n) is 11.9. The Balaban J connectivity index is 1.81. The van der Waals surface area contributed by atoms with E-state index in [0.717, 1.165) is 26.2 Å². The van der Waals surface area contributed by atoms with E-state index in [0.29, 0.717) is 6.04 Å². The molecule has 1 atom stereocenters. The summed E-state index contributed by atoms with van der Waals surface area (Å²) in [5.41, 5.74) is 2.62. The zero-order valence-corrected chi connectivity index (χ0v) is 12.7. The molecular weight excluding hydrogens is 278 g/mol. The first-order valence-electron chi connectivity index (χ1n) is 7.47. The van der Waals surface area contributed by atoms with Crippen LogP contribution in [-0.2, 0) is 0 Å². The molecule has 1 fully saturated rings. The van der Waals surface area contributed by atoms with E-state index in [1.54, 1.807) is 0 Å². The number of rotatable bonds is 3. The Labute approximate surface area is 128 Å². The third-order valence-electron chi connectivity index (χ3n) is 4.25. The fourth-order valence-electron chi connectivity index (χ4n) is 3.24. The van der Waals surface area contributed by atoms with Gasteiger partial charge in [-0.2, -0.15) is 0 Å². The maximum Gasteiger partial charge on any atom is 0.0717 e. The highest BCUT2D eigenvalue weighted by molar-refractivity contribution is 7.10. The Hall–Kier alpha value is -1.62. The number of hydrogen-bond donors (Lipinski definition) is 2. The highest BCUT2D eigenvalue weighted by atomic mass is 32.1. The average molecular weight is 297 g/mol. The van der Waals surface area contributed by atoms with Crippen molar-refractivity contribution in [3.63, 3.8) is 0 Å². The normalized spacial score (nSPS) is 18.1. The number of nitrogens with one attached hydrogen (secondary N) is 2. The minimum atomic E-state index is 0.364. The van der Waals surface area contributed by atoms with Crippen LogP contribution in [-0.4, -0.2) is 36.1 Å². The number of aromatic nitrogens is 1. The number of H-pyrrole nitrogens is 1. The topological polar surface area (TPSA) is 31.1 Å². The van der Waals surface area contributed by atoms with Gasteiger partial charge in [-0.25, -0.2) is 0 Å². The Bertz CT molecular complexity index is 711. The van der Waals surface area contributed by atoms with Gasteiger partial charge in [-0.1, -0.05) is 24.3 Å². The van der Waals surface area contributed by atoms with Crippen LogP contribution >= 0.6 is 11.3 Å². The molecular formula is C17H19N3S. The Morgan fingerprint density at radius 2 is 1.90 bits per heavy atom. The van der Waals surface area contributed by atoms with Crippen LogP contribution in [0.1, 0.15) is 16.5 Å². The van der Waals surface area contributed by atoms with E-state index in [9.17, 15) is 0 Å². The number of hydrogen-bond acceptors (Lipinski definition) is 3. The number of aromatic amines is 1. The van der Waals surface area contributed by atoms with Crippen molar-refractivity contribution in [3.8, 4) is 0 Å². The summed E-state index contributed by atoms with van der Waals surface area (Å²) < 4.78 is 0. The Kier molecular flexibility index (Phi) is 3.51. The minimum Gasteiger partial charge on any atom is -0.361 e. The third kappa shape index (κ3) is 2.39. The van der Waals surface area contributed by atoms with Gasteiger partial charge in [0.15, 0.2) is 0 Å². The smallest absolute Gasteiger partial charge is 0.0717 e. The number of piperazine rings is 1. The summed E-state index contributed by atoms with van der Waals surface area (Å²) in [6, 6.07) is 13.4. The number of thiophene rings is 1. The fraction of sp³-hybridized carbons (Fsp3) is 0.294. The lowest BCUT2D eigenvalue weighted by atomic mass is 10.0. The van der Waals surface area contributed by atoms with Crippen molar-refractivity contribution >= 4 is 22.2 Å². The lowest BCUT2D eigenvalue weighted by Gasteiger charge is -2.34. The molecule has 2 aromatic heterocycles. The van der Waals surface area contributed by atoms with Crippen LogP contribution in [0.2, 0.25) is 0 Å². The second-order valence-electron chi connectivity index (χ2n) is 5.49. The van der Waals surface area contributed by atoms with Crippen LogP contribution in [0, 0.1) is 0 Å². The molecule has 0 bridgehead atoms. The van der Waals surface area contributed by atoms with Gasteiger partial charge in [0.25, 0.3) is 0 Å². The van der Waals surface area contributed by atoms with E-state index in [2.05, 4.69) is 63.2 Å². The van der Waals surface area contributed by atoms with Crippen molar-refractivity contribution in [2.45, 2.75) is 6.04 Å². The van der Waals surface area contributed by atoms with Gasteiger partial charge in [0.05, 0.1) is 6.04 Å². The predicted octanol–water partition coefficient (Wildman–Crippen LogP) is 3.22. The first-order valence-corrected chi connectivity index (χ1v) is 8.35. The van der Waals surface area contributed by atoms with Crippen molar-refractivity contribution < 1.29 is 0 Å². The third-order valence-corrected chi connectivity index (χ3v) is 5.17. The molecule has 2 N–H and O–H groups in total. The summed E-state index contributed by atoms with van der Waals surface area (Å²) in [5, 5.41) is 6.97. The van der Waals surface area contributed by atoms with Crippen molar-refractivity contribution in [2.75, 3.05) is 26.2 Å². The second kappa shape index (κ2) is 5.64. The Morgan fingerprint density at radius 3 is 2.71 bits per heavy atom. The number of para-hydroxylation sites is 1. The van der Waals surface area contributed by atoms with E-state index in [-0.39, 0.29) is 0 Å². The van der Waals surface area contributed by atoms with E-state index < -0.39 is 0 Å². The molecule has 108 valence electrons. The van der Waals surface area contributed by atoms with Gasteiger partial charge in [0.2, 0.25) is 0 Å². The van der Waals surface area contributed by atoms with Gasteiger partial charge in [0.1, 0.15) is 0 Å². The van der Waals surface area contributed by atoms with Gasteiger partial charge in [0, 0.05) is 48.2 Å². The number of nitrogens with zero attached hydrogens (tertiary/aromatic N) is 1. The van der Waals surface area contributed by atoms with Crippen LogP contribution in [0.3, 0.4) is 0 Å². The fourth-order valence-corrected chi connectivity index (χ4v) is 4.11. The molecule has 1 saturated heterocycles. The lowest BCUT2D eigenvalue weighted by Crippen LogP contribution is -2.45. The first kappa shape index (κ1) is 13.1. The highest BCUT2D eigenvalue weighted by Crippen LogP contribution is 2.35. The van der Waals surface area contributed by atoms with Gasteiger partial charge in [-0.05, 0) is 23.1 Å². The minimum absolute atomic E-state index is 0.364. The van der Waals surface area contributed by atoms with Gasteiger partial charge < -0.3 is 10.3 Å². The van der Waals surface area contributed by atoms with Crippen LogP contribution in [0.4, 0.5) is 0 Å². The second-order valence-corrected chi connectivity index (χ2v) is 6.47. The summed E-state index contributed by atoms with van der Waals surface area (Å²) in [7, 11) is 0. The standard InChI is InChI=1S/C17H19N3S/c1-2-5-15-13(4-1)14(12-19-15)17(16-6-3-11-21-16)20-9-7-18-8-10-20/h1-6,11-12,17-19H,7-10H2/t17-/m0/s1. The molecule has 3 aromatic rings. The van der Waals surface area contributed by atoms with Gasteiger partial charge in [-0.15, -0.1) is 11.3 Å². The van der Waals surface area contributed by atoms with Crippen LogP contribution in [0.25, 0.3) is 10.9 Å². The molecule has 21 heavy (non-hydrogen) atoms. The molecule has 0 aliphatic carbocycles. The molecule has 4 heteroatoms. The van der Waals surface area contributed by atoms with E-state index in [1.807, 2.05) is 11.3 Å². The predicted molar refractivity (Wildman–Crippen MR) is 88.9 cm³/mol. The van der Waals surface area contributed by atoms with Crippen molar-refractivity contribution in [2.24, 2.45) is 0 Å². The largest absolute Gasteiger partial charge is 0.361 e. The molecule has 1 aromatic carbocycles. The molecule has 0 radical (unpaired) electrons. The molecule has 1 aliphatic heterocycles. The summed E-state index contributed by atoms with van der Waals surface area (Å²) in [5.74, 6) is 0. The molecule has 3 heterocycles. The van der Waals surface area contributed by atoms with E-state index >= 15 is 0 Å². The summed E-state index contributed by atoms with van der Waals surface area (Å²) in [6.07, 6.45) is 2.19. The van der Waals surface area contributed by atoms with Crippen LogP contribution < -0.4 is 5.32 Å². The molecule has 0 spiro atoms. The molecule has 0 saturated carbocycles. The van der Waals surface area contributed by atoms with Crippen molar-refractivity contribution in [1.29, 1.82) is 0 Å². The molecule has 3 nitrogen and oxygen atoms in total. The maximum atomic E-state index is 3.45. The van der Waals surface area contributed by atoms with Crippen LogP contribution in [0.15, 0.2) is 48.0 Å². The molecule has 4 rings (SSSR count). The first-order chi connectivity index (χ1) is 10.4. The Morgan fingerprint density at radius 1 is 1.05 bits per heavy atom. The molecule has 0 unspecified atom stereocenters. The monoisotopic (exact) mass is 297 g/mol. The highest BCUT2D eigenvalue weighted by Gasteiger charge is 2.26. The van der Waals surface area contributed by atoms with E-state index in [4.69, 9.17) is 0 Å². The zero-order chi connectivity index (χ0) is 14.1. The van der Waals surface area contributed by atoms with Crippen molar-refractivity contribution in [1.82, 2.24) is 15.2 Å². The van der Waals surface area contributed by atoms with Gasteiger partial charge >= 0.3 is 0 Å². The van der Waals surface area contributed by atoms with Crippen LogP contribution in [0.5, 0.6) is 0 Å². The summed E-state index contributed by atoms with van der Waals surface area (Å²) in [4.78, 5) is 7.46.